The molecule has 3 amide bonds. The highest BCUT2D eigenvalue weighted by Crippen LogP contribution is 2.26. The summed E-state index contributed by atoms with van der Waals surface area (Å²) in [5.74, 6) is -0.244. The first-order valence-corrected chi connectivity index (χ1v) is 8.50. The first-order chi connectivity index (χ1) is 12.4. The summed E-state index contributed by atoms with van der Waals surface area (Å²) in [4.78, 5) is 34.6. The molecule has 0 radical (unpaired) electrons. The molecule has 0 bridgehead atoms. The number of ether oxygens (including phenoxy) is 3. The van der Waals surface area contributed by atoms with Crippen molar-refractivity contribution in [2.24, 2.45) is 5.92 Å². The van der Waals surface area contributed by atoms with Crippen LogP contribution in [-0.2, 0) is 14.3 Å². The minimum absolute atomic E-state index is 0.259. The van der Waals surface area contributed by atoms with Crippen LogP contribution in [0.1, 0.15) is 27.2 Å². The lowest BCUT2D eigenvalue weighted by molar-refractivity contribution is -0.150. The molecular weight excluding hydrogens is 340 g/mol. The van der Waals surface area contributed by atoms with Crippen molar-refractivity contribution in [2.45, 2.75) is 27.2 Å². The van der Waals surface area contributed by atoms with Crippen molar-refractivity contribution in [3.63, 3.8) is 0 Å². The lowest BCUT2D eigenvalue weighted by atomic mass is 10.2. The van der Waals surface area contributed by atoms with Crippen molar-refractivity contribution >= 4 is 17.9 Å². The molecule has 1 aromatic carbocycles. The maximum atomic E-state index is 11.7. The van der Waals surface area contributed by atoms with Crippen LogP contribution in [0.15, 0.2) is 24.3 Å². The van der Waals surface area contributed by atoms with E-state index in [4.69, 9.17) is 14.2 Å². The number of urea groups is 1. The summed E-state index contributed by atoms with van der Waals surface area (Å²) < 4.78 is 15.7. The fraction of sp³-hybridized carbons (Fsp3) is 0.500. The van der Waals surface area contributed by atoms with Crippen LogP contribution in [0, 0.1) is 5.92 Å². The highest BCUT2D eigenvalue weighted by Gasteiger charge is 2.12. The molecule has 0 saturated carbocycles. The van der Waals surface area contributed by atoms with E-state index in [2.05, 4.69) is 10.6 Å². The minimum Gasteiger partial charge on any atom is -0.490 e. The Labute approximate surface area is 153 Å². The molecule has 0 saturated heterocycles. The molecule has 2 N–H and O–H groups in total. The maximum Gasteiger partial charge on any atom is 0.344 e. The number of carbonyl (C=O) groups is 3. The van der Waals surface area contributed by atoms with E-state index in [-0.39, 0.29) is 12.5 Å². The number of imide groups is 1. The molecule has 26 heavy (non-hydrogen) atoms. The van der Waals surface area contributed by atoms with E-state index >= 15 is 0 Å². The summed E-state index contributed by atoms with van der Waals surface area (Å²) in [6.45, 7) is 5.86. The highest BCUT2D eigenvalue weighted by atomic mass is 16.6. The van der Waals surface area contributed by atoms with Gasteiger partial charge >= 0.3 is 12.0 Å². The smallest absolute Gasteiger partial charge is 0.344 e. The standard InChI is InChI=1S/C18H26N2O6/c1-4-9-24-14-7-5-6-8-15(14)25-12-17(22)26-11-16(21)20-18(23)19-10-13(2)3/h5-8,13H,4,9-12H2,1-3H3,(H2,19,20,21,23). The minimum atomic E-state index is -0.729. The predicted molar refractivity (Wildman–Crippen MR) is 95.1 cm³/mol. The number of benzene rings is 1. The Morgan fingerprint density at radius 1 is 1.04 bits per heavy atom. The second kappa shape index (κ2) is 11.7. The second-order valence-electron chi connectivity index (χ2n) is 5.90. The fourth-order valence-electron chi connectivity index (χ4n) is 1.73. The molecular formula is C18H26N2O6. The van der Waals surface area contributed by atoms with E-state index in [9.17, 15) is 14.4 Å². The third kappa shape index (κ3) is 8.91. The topological polar surface area (TPSA) is 103 Å². The molecule has 1 aromatic rings. The van der Waals surface area contributed by atoms with Crippen LogP contribution in [0.2, 0.25) is 0 Å². The number of para-hydroxylation sites is 2. The second-order valence-corrected chi connectivity index (χ2v) is 5.90. The van der Waals surface area contributed by atoms with Crippen molar-refractivity contribution in [1.82, 2.24) is 10.6 Å². The van der Waals surface area contributed by atoms with Crippen molar-refractivity contribution in [1.29, 1.82) is 0 Å². The summed E-state index contributed by atoms with van der Waals surface area (Å²) in [6, 6.07) is 6.33. The van der Waals surface area contributed by atoms with Crippen molar-refractivity contribution in [2.75, 3.05) is 26.4 Å². The van der Waals surface area contributed by atoms with Crippen LogP contribution in [0.4, 0.5) is 4.79 Å². The number of rotatable bonds is 10. The number of hydrogen-bond acceptors (Lipinski definition) is 6. The van der Waals surface area contributed by atoms with Crippen LogP contribution in [0.5, 0.6) is 11.5 Å². The molecule has 1 rings (SSSR count). The Morgan fingerprint density at radius 2 is 1.69 bits per heavy atom. The summed E-state index contributed by atoms with van der Waals surface area (Å²) in [5, 5.41) is 4.59. The van der Waals surface area contributed by atoms with Gasteiger partial charge in [-0.05, 0) is 24.5 Å². The van der Waals surface area contributed by atoms with Crippen LogP contribution in [0.25, 0.3) is 0 Å². The monoisotopic (exact) mass is 366 g/mol. The van der Waals surface area contributed by atoms with E-state index in [1.807, 2.05) is 20.8 Å². The number of hydrogen-bond donors (Lipinski definition) is 2. The fourth-order valence-corrected chi connectivity index (χ4v) is 1.73. The lowest BCUT2D eigenvalue weighted by Crippen LogP contribution is -2.42. The third-order valence-electron chi connectivity index (χ3n) is 2.94. The zero-order chi connectivity index (χ0) is 19.4. The molecule has 0 spiro atoms. The molecule has 8 nitrogen and oxygen atoms in total. The van der Waals surface area contributed by atoms with Gasteiger partial charge in [-0.3, -0.25) is 10.1 Å². The van der Waals surface area contributed by atoms with Gasteiger partial charge in [-0.2, -0.15) is 0 Å². The van der Waals surface area contributed by atoms with Gasteiger partial charge < -0.3 is 19.5 Å². The van der Waals surface area contributed by atoms with E-state index in [0.717, 1.165) is 6.42 Å². The zero-order valence-corrected chi connectivity index (χ0v) is 15.4. The Bertz CT molecular complexity index is 603. The molecule has 0 aliphatic carbocycles. The maximum absolute atomic E-state index is 11.7. The number of carbonyl (C=O) groups excluding carboxylic acids is 3. The average molecular weight is 366 g/mol. The Balaban J connectivity index is 2.32. The van der Waals surface area contributed by atoms with Crippen LogP contribution < -0.4 is 20.1 Å². The molecule has 8 heteroatoms. The van der Waals surface area contributed by atoms with Gasteiger partial charge in [0.15, 0.2) is 24.7 Å². The molecule has 0 fully saturated rings. The summed E-state index contributed by atoms with van der Waals surface area (Å²) in [7, 11) is 0. The first-order valence-electron chi connectivity index (χ1n) is 8.50. The van der Waals surface area contributed by atoms with Crippen molar-refractivity contribution in [3.05, 3.63) is 24.3 Å². The lowest BCUT2D eigenvalue weighted by Gasteiger charge is -2.12. The van der Waals surface area contributed by atoms with Gasteiger partial charge in [0.1, 0.15) is 0 Å². The van der Waals surface area contributed by atoms with Crippen molar-refractivity contribution < 1.29 is 28.6 Å². The van der Waals surface area contributed by atoms with Gasteiger partial charge in [0.25, 0.3) is 5.91 Å². The molecule has 144 valence electrons. The van der Waals surface area contributed by atoms with Crippen LogP contribution >= 0.6 is 0 Å². The van der Waals surface area contributed by atoms with Crippen molar-refractivity contribution in [3.8, 4) is 11.5 Å². The van der Waals surface area contributed by atoms with Gasteiger partial charge in [0, 0.05) is 6.54 Å². The van der Waals surface area contributed by atoms with Crippen LogP contribution in [-0.4, -0.2) is 44.3 Å². The number of nitrogens with one attached hydrogen (secondary N) is 2. The SMILES string of the molecule is CCCOc1ccccc1OCC(=O)OCC(=O)NC(=O)NCC(C)C. The largest absolute Gasteiger partial charge is 0.490 e. The van der Waals surface area contributed by atoms with Gasteiger partial charge in [0.05, 0.1) is 6.61 Å². The molecule has 0 unspecified atom stereocenters. The van der Waals surface area contributed by atoms with Gasteiger partial charge in [-0.15, -0.1) is 0 Å². The molecule has 0 aromatic heterocycles. The Morgan fingerprint density at radius 3 is 2.31 bits per heavy atom. The molecule has 0 aliphatic rings. The first kappa shape index (κ1) is 21.3. The third-order valence-corrected chi connectivity index (χ3v) is 2.94. The van der Waals surface area contributed by atoms with E-state index in [1.165, 1.54) is 0 Å². The van der Waals surface area contributed by atoms with Crippen LogP contribution in [0.3, 0.4) is 0 Å². The summed E-state index contributed by atoms with van der Waals surface area (Å²) >= 11 is 0. The Kier molecular flexibility index (Phi) is 9.59. The normalized spacial score (nSPS) is 10.2. The highest BCUT2D eigenvalue weighted by molar-refractivity contribution is 5.95. The predicted octanol–water partition coefficient (Wildman–Crippen LogP) is 1.88. The average Bonchev–Trinajstić information content (AvgIpc) is 2.62. The quantitative estimate of drug-likeness (QED) is 0.613. The van der Waals surface area contributed by atoms with Gasteiger partial charge in [-0.1, -0.05) is 32.9 Å². The zero-order valence-electron chi connectivity index (χ0n) is 15.4. The summed E-state index contributed by atoms with van der Waals surface area (Å²) in [6.07, 6.45) is 0.843. The van der Waals surface area contributed by atoms with E-state index in [0.29, 0.717) is 24.7 Å². The van der Waals surface area contributed by atoms with E-state index in [1.54, 1.807) is 24.3 Å². The molecule has 0 atom stereocenters. The number of esters is 1. The Hall–Kier alpha value is -2.77. The van der Waals surface area contributed by atoms with E-state index < -0.39 is 24.5 Å². The van der Waals surface area contributed by atoms with Gasteiger partial charge in [0.2, 0.25) is 0 Å². The number of amides is 3. The molecule has 0 aliphatic heterocycles. The molecule has 0 heterocycles. The summed E-state index contributed by atoms with van der Waals surface area (Å²) in [5.41, 5.74) is 0. The van der Waals surface area contributed by atoms with Gasteiger partial charge in [-0.25, -0.2) is 9.59 Å².